The van der Waals surface area contributed by atoms with Gasteiger partial charge in [-0.05, 0) is 54.8 Å². The van der Waals surface area contributed by atoms with Gasteiger partial charge in [-0.3, -0.25) is 0 Å². The highest BCUT2D eigenvalue weighted by atomic mass is 19.1. The SMILES string of the molecule is Cc1cc(C(=O)O)ccc1NCCc1ccc(F)cc1. The summed E-state index contributed by atoms with van der Waals surface area (Å²) >= 11 is 0. The van der Waals surface area contributed by atoms with E-state index in [9.17, 15) is 9.18 Å². The number of hydrogen-bond donors (Lipinski definition) is 2. The Labute approximate surface area is 117 Å². The summed E-state index contributed by atoms with van der Waals surface area (Å²) in [6.07, 6.45) is 0.778. The molecule has 3 nitrogen and oxygen atoms in total. The lowest BCUT2D eigenvalue weighted by molar-refractivity contribution is 0.0697. The van der Waals surface area contributed by atoms with Gasteiger partial charge in [0.15, 0.2) is 0 Å². The van der Waals surface area contributed by atoms with Gasteiger partial charge in [0.25, 0.3) is 0 Å². The zero-order chi connectivity index (χ0) is 14.5. The van der Waals surface area contributed by atoms with Crippen molar-refractivity contribution in [1.82, 2.24) is 0 Å². The van der Waals surface area contributed by atoms with Crippen molar-refractivity contribution in [2.24, 2.45) is 0 Å². The molecule has 0 saturated heterocycles. The predicted octanol–water partition coefficient (Wildman–Crippen LogP) is 3.49. The van der Waals surface area contributed by atoms with Crippen molar-refractivity contribution < 1.29 is 14.3 Å². The second-order valence-electron chi connectivity index (χ2n) is 4.64. The van der Waals surface area contributed by atoms with Crippen LogP contribution in [0.5, 0.6) is 0 Å². The van der Waals surface area contributed by atoms with Crippen LogP contribution in [0.1, 0.15) is 21.5 Å². The summed E-state index contributed by atoms with van der Waals surface area (Å²) < 4.78 is 12.8. The molecule has 2 rings (SSSR count). The van der Waals surface area contributed by atoms with E-state index in [1.165, 1.54) is 12.1 Å². The lowest BCUT2D eigenvalue weighted by Crippen LogP contribution is -2.07. The maximum absolute atomic E-state index is 12.8. The van der Waals surface area contributed by atoms with Crippen LogP contribution in [0.2, 0.25) is 0 Å². The summed E-state index contributed by atoms with van der Waals surface area (Å²) in [7, 11) is 0. The maximum Gasteiger partial charge on any atom is 0.335 e. The molecule has 0 atom stereocenters. The van der Waals surface area contributed by atoms with E-state index in [1.807, 2.05) is 6.92 Å². The Morgan fingerprint density at radius 1 is 1.20 bits per heavy atom. The number of carbonyl (C=O) groups is 1. The molecule has 0 radical (unpaired) electrons. The summed E-state index contributed by atoms with van der Waals surface area (Å²) in [6, 6.07) is 11.4. The van der Waals surface area contributed by atoms with Crippen LogP contribution in [-0.2, 0) is 6.42 Å². The van der Waals surface area contributed by atoms with Crippen LogP contribution in [0.3, 0.4) is 0 Å². The van der Waals surface area contributed by atoms with Gasteiger partial charge in [0.05, 0.1) is 5.56 Å². The first-order valence-corrected chi connectivity index (χ1v) is 6.38. The predicted molar refractivity (Wildman–Crippen MR) is 76.7 cm³/mol. The van der Waals surface area contributed by atoms with Crippen molar-refractivity contribution in [3.63, 3.8) is 0 Å². The lowest BCUT2D eigenvalue weighted by Gasteiger charge is -2.10. The Hall–Kier alpha value is -2.36. The zero-order valence-electron chi connectivity index (χ0n) is 11.2. The first-order chi connectivity index (χ1) is 9.56. The fourth-order valence-electron chi connectivity index (χ4n) is 1.99. The van der Waals surface area contributed by atoms with Gasteiger partial charge < -0.3 is 10.4 Å². The maximum atomic E-state index is 12.8. The van der Waals surface area contributed by atoms with E-state index in [1.54, 1.807) is 30.3 Å². The number of benzene rings is 2. The molecule has 2 N–H and O–H groups in total. The third-order valence-electron chi connectivity index (χ3n) is 3.12. The lowest BCUT2D eigenvalue weighted by atomic mass is 10.1. The third kappa shape index (κ3) is 3.57. The van der Waals surface area contributed by atoms with Crippen LogP contribution in [0.15, 0.2) is 42.5 Å². The molecular weight excluding hydrogens is 257 g/mol. The van der Waals surface area contributed by atoms with Gasteiger partial charge in [-0.1, -0.05) is 12.1 Å². The van der Waals surface area contributed by atoms with Crippen molar-refractivity contribution in [3.8, 4) is 0 Å². The zero-order valence-corrected chi connectivity index (χ0v) is 11.2. The first-order valence-electron chi connectivity index (χ1n) is 6.38. The Kier molecular flexibility index (Phi) is 4.35. The molecule has 0 unspecified atom stereocenters. The van der Waals surface area contributed by atoms with Crippen molar-refractivity contribution in [3.05, 3.63) is 65.0 Å². The molecule has 0 heterocycles. The molecule has 20 heavy (non-hydrogen) atoms. The number of anilines is 1. The van der Waals surface area contributed by atoms with Crippen LogP contribution in [0.25, 0.3) is 0 Å². The van der Waals surface area contributed by atoms with Gasteiger partial charge in [0.2, 0.25) is 0 Å². The van der Waals surface area contributed by atoms with Crippen LogP contribution in [0, 0.1) is 12.7 Å². The minimum absolute atomic E-state index is 0.234. The Morgan fingerprint density at radius 3 is 2.50 bits per heavy atom. The topological polar surface area (TPSA) is 49.3 Å². The molecule has 0 bridgehead atoms. The Bertz CT molecular complexity index is 608. The van der Waals surface area contributed by atoms with E-state index < -0.39 is 5.97 Å². The minimum Gasteiger partial charge on any atom is -0.478 e. The number of hydrogen-bond acceptors (Lipinski definition) is 2. The van der Waals surface area contributed by atoms with E-state index in [4.69, 9.17) is 5.11 Å². The molecule has 0 aliphatic carbocycles. The fourth-order valence-corrected chi connectivity index (χ4v) is 1.99. The molecule has 2 aromatic rings. The van der Waals surface area contributed by atoms with Gasteiger partial charge in [-0.2, -0.15) is 0 Å². The molecule has 2 aromatic carbocycles. The van der Waals surface area contributed by atoms with E-state index in [0.29, 0.717) is 6.54 Å². The monoisotopic (exact) mass is 273 g/mol. The average molecular weight is 273 g/mol. The van der Waals surface area contributed by atoms with Crippen LogP contribution < -0.4 is 5.32 Å². The summed E-state index contributed by atoms with van der Waals surface area (Å²) in [5.74, 6) is -1.16. The molecular formula is C16H16FNO2. The molecule has 0 spiro atoms. The second-order valence-corrected chi connectivity index (χ2v) is 4.64. The number of carboxylic acid groups (broad SMARTS) is 1. The van der Waals surface area contributed by atoms with Gasteiger partial charge in [-0.15, -0.1) is 0 Å². The molecule has 0 fully saturated rings. The average Bonchev–Trinajstić information content (AvgIpc) is 2.42. The molecule has 104 valence electrons. The molecule has 0 amide bonds. The first kappa shape index (κ1) is 14.1. The molecule has 0 aliphatic rings. The van der Waals surface area contributed by atoms with Crippen molar-refractivity contribution >= 4 is 11.7 Å². The summed E-state index contributed by atoms with van der Waals surface area (Å²) in [4.78, 5) is 10.8. The van der Waals surface area contributed by atoms with E-state index in [2.05, 4.69) is 5.32 Å². The largest absolute Gasteiger partial charge is 0.478 e. The third-order valence-corrected chi connectivity index (χ3v) is 3.12. The number of rotatable bonds is 5. The number of halogens is 1. The molecule has 0 aliphatic heterocycles. The molecule has 0 aromatic heterocycles. The van der Waals surface area contributed by atoms with Crippen molar-refractivity contribution in [2.45, 2.75) is 13.3 Å². The quantitative estimate of drug-likeness (QED) is 0.876. The number of nitrogens with one attached hydrogen (secondary N) is 1. The van der Waals surface area contributed by atoms with Gasteiger partial charge in [-0.25, -0.2) is 9.18 Å². The smallest absolute Gasteiger partial charge is 0.335 e. The summed E-state index contributed by atoms with van der Waals surface area (Å²) in [5, 5.41) is 12.2. The highest BCUT2D eigenvalue weighted by Gasteiger charge is 2.05. The molecule has 4 heteroatoms. The Morgan fingerprint density at radius 2 is 1.90 bits per heavy atom. The van der Waals surface area contributed by atoms with Crippen LogP contribution in [0.4, 0.5) is 10.1 Å². The normalized spacial score (nSPS) is 10.3. The number of carboxylic acids is 1. The second kappa shape index (κ2) is 6.19. The van der Waals surface area contributed by atoms with Crippen molar-refractivity contribution in [1.29, 1.82) is 0 Å². The van der Waals surface area contributed by atoms with Gasteiger partial charge in [0.1, 0.15) is 5.82 Å². The highest BCUT2D eigenvalue weighted by molar-refractivity contribution is 5.88. The molecule has 0 saturated carbocycles. The van der Waals surface area contributed by atoms with E-state index in [-0.39, 0.29) is 11.4 Å². The Balaban J connectivity index is 1.94. The fraction of sp³-hybridized carbons (Fsp3) is 0.188. The van der Waals surface area contributed by atoms with Crippen LogP contribution in [-0.4, -0.2) is 17.6 Å². The van der Waals surface area contributed by atoms with Gasteiger partial charge in [0, 0.05) is 12.2 Å². The van der Waals surface area contributed by atoms with E-state index >= 15 is 0 Å². The van der Waals surface area contributed by atoms with E-state index in [0.717, 1.165) is 23.2 Å². The highest BCUT2D eigenvalue weighted by Crippen LogP contribution is 2.16. The number of aryl methyl sites for hydroxylation is 1. The standard InChI is InChI=1S/C16H16FNO2/c1-11-10-13(16(19)20)4-7-15(11)18-9-8-12-2-5-14(17)6-3-12/h2-7,10,18H,8-9H2,1H3,(H,19,20). The van der Waals surface area contributed by atoms with Crippen molar-refractivity contribution in [2.75, 3.05) is 11.9 Å². The summed E-state index contributed by atoms with van der Waals surface area (Å²) in [6.45, 7) is 2.57. The summed E-state index contributed by atoms with van der Waals surface area (Å²) in [5.41, 5.74) is 3.14. The van der Waals surface area contributed by atoms with Crippen LogP contribution >= 0.6 is 0 Å². The van der Waals surface area contributed by atoms with Gasteiger partial charge >= 0.3 is 5.97 Å². The minimum atomic E-state index is -0.925. The number of aromatic carboxylic acids is 1.